The summed E-state index contributed by atoms with van der Waals surface area (Å²) in [6.07, 6.45) is 3.53. The molecule has 5 heteroatoms. The first kappa shape index (κ1) is 18.3. The zero-order chi connectivity index (χ0) is 19.7. The number of carbonyl (C=O) groups is 2. The van der Waals surface area contributed by atoms with E-state index in [1.54, 1.807) is 18.7 Å². The molecule has 2 amide bonds. The maximum absolute atomic E-state index is 13.1. The van der Waals surface area contributed by atoms with E-state index in [4.69, 9.17) is 0 Å². The molecule has 28 heavy (non-hydrogen) atoms. The molecule has 0 fully saturated rings. The van der Waals surface area contributed by atoms with Crippen LogP contribution in [0, 0.1) is 5.41 Å². The van der Waals surface area contributed by atoms with E-state index in [0.717, 1.165) is 28.8 Å². The van der Waals surface area contributed by atoms with Crippen molar-refractivity contribution in [3.05, 3.63) is 65.9 Å². The monoisotopic (exact) mass is 375 g/mol. The number of rotatable bonds is 5. The minimum absolute atomic E-state index is 0.151. The van der Waals surface area contributed by atoms with Crippen molar-refractivity contribution in [1.82, 2.24) is 10.3 Å². The van der Waals surface area contributed by atoms with E-state index in [9.17, 15) is 9.59 Å². The van der Waals surface area contributed by atoms with Gasteiger partial charge in [0, 0.05) is 35.9 Å². The van der Waals surface area contributed by atoms with Crippen LogP contribution in [0.3, 0.4) is 0 Å². The lowest BCUT2D eigenvalue weighted by Crippen LogP contribution is -2.49. The van der Waals surface area contributed by atoms with Crippen LogP contribution in [0.1, 0.15) is 25.0 Å². The smallest absolute Gasteiger partial charge is 0.242 e. The molecule has 5 nitrogen and oxygen atoms in total. The third kappa shape index (κ3) is 3.17. The summed E-state index contributed by atoms with van der Waals surface area (Å²) in [6, 6.07) is 16.0. The molecule has 0 saturated heterocycles. The Hall–Kier alpha value is -3.08. The van der Waals surface area contributed by atoms with Crippen molar-refractivity contribution < 1.29 is 9.59 Å². The van der Waals surface area contributed by atoms with Crippen LogP contribution >= 0.6 is 0 Å². The molecule has 1 aromatic heterocycles. The Morgan fingerprint density at radius 2 is 1.86 bits per heavy atom. The number of carbonyl (C=O) groups excluding carboxylic acids is 2. The summed E-state index contributed by atoms with van der Waals surface area (Å²) < 4.78 is 0. The van der Waals surface area contributed by atoms with E-state index in [1.165, 1.54) is 5.39 Å². The average molecular weight is 375 g/mol. The van der Waals surface area contributed by atoms with E-state index in [2.05, 4.69) is 16.4 Å². The first-order valence-corrected chi connectivity index (χ1v) is 9.71. The van der Waals surface area contributed by atoms with E-state index >= 15 is 0 Å². The number of anilines is 1. The van der Waals surface area contributed by atoms with Crippen LogP contribution in [0.25, 0.3) is 10.9 Å². The molecule has 0 bridgehead atoms. The Morgan fingerprint density at radius 1 is 1.11 bits per heavy atom. The number of hydrogen-bond donors (Lipinski definition) is 2. The van der Waals surface area contributed by atoms with Crippen molar-refractivity contribution in [1.29, 1.82) is 0 Å². The summed E-state index contributed by atoms with van der Waals surface area (Å²) in [5, 5.41) is 4.12. The maximum atomic E-state index is 13.1. The van der Waals surface area contributed by atoms with Crippen LogP contribution in [0.15, 0.2) is 54.7 Å². The molecule has 1 aliphatic heterocycles. The van der Waals surface area contributed by atoms with Crippen molar-refractivity contribution >= 4 is 28.4 Å². The SMILES string of the molecule is CC(C)(C(=O)NCCc1c[nH]c2ccccc12)C(=O)N1CCc2ccccc21. The minimum Gasteiger partial charge on any atom is -0.361 e. The quantitative estimate of drug-likeness (QED) is 0.671. The van der Waals surface area contributed by atoms with E-state index in [-0.39, 0.29) is 11.8 Å². The fraction of sp³-hybridized carbons (Fsp3) is 0.304. The Labute approximate surface area is 164 Å². The number of hydrogen-bond acceptors (Lipinski definition) is 2. The Balaban J connectivity index is 1.40. The third-order valence-corrected chi connectivity index (χ3v) is 5.59. The van der Waals surface area contributed by atoms with E-state index in [0.29, 0.717) is 19.5 Å². The number of aromatic nitrogens is 1. The zero-order valence-electron chi connectivity index (χ0n) is 16.3. The molecule has 0 aliphatic carbocycles. The highest BCUT2D eigenvalue weighted by Crippen LogP contribution is 2.32. The molecule has 4 rings (SSSR count). The van der Waals surface area contributed by atoms with Gasteiger partial charge in [0.25, 0.3) is 0 Å². The summed E-state index contributed by atoms with van der Waals surface area (Å²) >= 11 is 0. The summed E-state index contributed by atoms with van der Waals surface area (Å²) in [5.41, 5.74) is 3.22. The lowest BCUT2D eigenvalue weighted by Gasteiger charge is -2.28. The molecule has 144 valence electrons. The summed E-state index contributed by atoms with van der Waals surface area (Å²) in [4.78, 5) is 30.9. The molecular formula is C23H25N3O2. The van der Waals surface area contributed by atoms with Crippen molar-refractivity contribution in [2.45, 2.75) is 26.7 Å². The summed E-state index contributed by atoms with van der Waals surface area (Å²) in [6.45, 7) is 4.53. The summed E-state index contributed by atoms with van der Waals surface area (Å²) in [7, 11) is 0. The second-order valence-corrected chi connectivity index (χ2v) is 7.83. The first-order chi connectivity index (χ1) is 13.5. The predicted octanol–water partition coefficient (Wildman–Crippen LogP) is 3.44. The van der Waals surface area contributed by atoms with Crippen LogP contribution in [0.2, 0.25) is 0 Å². The highest BCUT2D eigenvalue weighted by Gasteiger charge is 2.41. The molecule has 2 aromatic carbocycles. The maximum Gasteiger partial charge on any atom is 0.242 e. The minimum atomic E-state index is -1.11. The number of nitrogens with zero attached hydrogens (tertiary/aromatic N) is 1. The lowest BCUT2D eigenvalue weighted by atomic mass is 9.90. The van der Waals surface area contributed by atoms with Gasteiger partial charge >= 0.3 is 0 Å². The van der Waals surface area contributed by atoms with Gasteiger partial charge in [0.05, 0.1) is 0 Å². The van der Waals surface area contributed by atoms with Gasteiger partial charge in [0.1, 0.15) is 5.41 Å². The molecule has 0 spiro atoms. The Morgan fingerprint density at radius 3 is 2.71 bits per heavy atom. The van der Waals surface area contributed by atoms with E-state index in [1.807, 2.05) is 48.7 Å². The molecule has 3 aromatic rings. The largest absolute Gasteiger partial charge is 0.361 e. The Bertz CT molecular complexity index is 1040. The van der Waals surface area contributed by atoms with Gasteiger partial charge in [-0.05, 0) is 49.9 Å². The number of para-hydroxylation sites is 2. The molecule has 2 N–H and O–H groups in total. The third-order valence-electron chi connectivity index (χ3n) is 5.59. The van der Waals surface area contributed by atoms with Gasteiger partial charge in [-0.25, -0.2) is 0 Å². The van der Waals surface area contributed by atoms with Crippen LogP contribution in [0.4, 0.5) is 5.69 Å². The highest BCUT2D eigenvalue weighted by atomic mass is 16.2. The van der Waals surface area contributed by atoms with Gasteiger partial charge in [0.15, 0.2) is 0 Å². The van der Waals surface area contributed by atoms with Gasteiger partial charge < -0.3 is 15.2 Å². The van der Waals surface area contributed by atoms with Crippen molar-refractivity contribution in [2.24, 2.45) is 5.41 Å². The number of nitrogens with one attached hydrogen (secondary N) is 2. The Kier molecular flexibility index (Phi) is 4.67. The molecule has 0 atom stereocenters. The highest BCUT2D eigenvalue weighted by molar-refractivity contribution is 6.11. The molecular weight excluding hydrogens is 350 g/mol. The van der Waals surface area contributed by atoms with Gasteiger partial charge in [-0.3, -0.25) is 9.59 Å². The number of amides is 2. The predicted molar refractivity (Wildman–Crippen MR) is 111 cm³/mol. The lowest BCUT2D eigenvalue weighted by molar-refractivity contribution is -0.139. The fourth-order valence-corrected chi connectivity index (χ4v) is 3.85. The van der Waals surface area contributed by atoms with Crippen molar-refractivity contribution in [2.75, 3.05) is 18.0 Å². The normalized spacial score (nSPS) is 13.6. The summed E-state index contributed by atoms with van der Waals surface area (Å²) in [5.74, 6) is -0.385. The van der Waals surface area contributed by atoms with Crippen molar-refractivity contribution in [3.8, 4) is 0 Å². The van der Waals surface area contributed by atoms with Gasteiger partial charge in [-0.1, -0.05) is 36.4 Å². The van der Waals surface area contributed by atoms with Gasteiger partial charge in [-0.15, -0.1) is 0 Å². The van der Waals surface area contributed by atoms with Gasteiger partial charge in [-0.2, -0.15) is 0 Å². The molecule has 0 unspecified atom stereocenters. The number of fused-ring (bicyclic) bond motifs is 2. The van der Waals surface area contributed by atoms with Crippen molar-refractivity contribution in [3.63, 3.8) is 0 Å². The number of H-pyrrole nitrogens is 1. The second-order valence-electron chi connectivity index (χ2n) is 7.83. The van der Waals surface area contributed by atoms with E-state index < -0.39 is 5.41 Å². The van der Waals surface area contributed by atoms with Crippen LogP contribution in [0.5, 0.6) is 0 Å². The number of benzene rings is 2. The van der Waals surface area contributed by atoms with Crippen LogP contribution in [-0.2, 0) is 22.4 Å². The molecule has 1 aliphatic rings. The van der Waals surface area contributed by atoms with Gasteiger partial charge in [0.2, 0.25) is 11.8 Å². The first-order valence-electron chi connectivity index (χ1n) is 9.71. The zero-order valence-corrected chi connectivity index (χ0v) is 16.3. The molecule has 0 saturated carbocycles. The molecule has 0 radical (unpaired) electrons. The standard InChI is InChI=1S/C23H25N3O2/c1-23(2,22(28)26-14-12-16-7-3-6-10-20(16)26)21(27)24-13-11-17-15-25-19-9-5-4-8-18(17)19/h3-10,15,25H,11-14H2,1-2H3,(H,24,27). The fourth-order valence-electron chi connectivity index (χ4n) is 3.85. The second kappa shape index (κ2) is 7.15. The van der Waals surface area contributed by atoms with Crippen LogP contribution in [-0.4, -0.2) is 29.9 Å². The molecule has 2 heterocycles. The average Bonchev–Trinajstić information content (AvgIpc) is 3.31. The van der Waals surface area contributed by atoms with Crippen LogP contribution < -0.4 is 10.2 Å². The number of aromatic amines is 1. The topological polar surface area (TPSA) is 65.2 Å².